The van der Waals surface area contributed by atoms with Crippen LogP contribution in [0, 0.1) is 6.92 Å². The molecule has 140 valence electrons. The van der Waals surface area contributed by atoms with Crippen LogP contribution in [0.1, 0.15) is 37.5 Å². The molecule has 1 aliphatic heterocycles. The zero-order valence-corrected chi connectivity index (χ0v) is 15.9. The number of hydrogen-bond donors (Lipinski definition) is 0. The Labute approximate surface area is 158 Å². The predicted octanol–water partition coefficient (Wildman–Crippen LogP) is 3.42. The van der Waals surface area contributed by atoms with Crippen molar-refractivity contribution < 1.29 is 19.2 Å². The van der Waals surface area contributed by atoms with Gasteiger partial charge in [0.1, 0.15) is 5.75 Å². The highest BCUT2D eigenvalue weighted by Crippen LogP contribution is 2.25. The van der Waals surface area contributed by atoms with Gasteiger partial charge >= 0.3 is 5.97 Å². The molecule has 3 rings (SSSR count). The van der Waals surface area contributed by atoms with Gasteiger partial charge in [0.05, 0.1) is 6.54 Å². The zero-order valence-electron chi connectivity index (χ0n) is 15.9. The molecule has 6 nitrogen and oxygen atoms in total. The van der Waals surface area contributed by atoms with Gasteiger partial charge in [0, 0.05) is 12.5 Å². The van der Waals surface area contributed by atoms with Crippen molar-refractivity contribution in [1.29, 1.82) is 0 Å². The van der Waals surface area contributed by atoms with Gasteiger partial charge < -0.3 is 9.57 Å². The first-order chi connectivity index (χ1) is 12.8. The molecule has 2 aromatic rings. The molecule has 0 spiro atoms. The van der Waals surface area contributed by atoms with Crippen molar-refractivity contribution >= 4 is 17.7 Å². The standard InChI is InChI=1S/C21H22N2O4/c1-14-5-9-17(10-6-14)19-22-27-21(3,4)20(25)23(19)13-16-7-11-18(12-8-16)26-15(2)24/h5-12H,13H2,1-4H3. The van der Waals surface area contributed by atoms with Gasteiger partial charge in [-0.25, -0.2) is 0 Å². The molecular formula is C21H22N2O4. The lowest BCUT2D eigenvalue weighted by Gasteiger charge is -2.35. The van der Waals surface area contributed by atoms with Crippen molar-refractivity contribution in [3.8, 4) is 5.75 Å². The van der Waals surface area contributed by atoms with E-state index in [4.69, 9.17) is 9.57 Å². The van der Waals surface area contributed by atoms with Crippen LogP contribution in [0.5, 0.6) is 5.75 Å². The molecule has 6 heteroatoms. The van der Waals surface area contributed by atoms with Gasteiger partial charge in [-0.2, -0.15) is 0 Å². The van der Waals surface area contributed by atoms with E-state index in [0.717, 1.165) is 16.7 Å². The number of esters is 1. The Balaban J connectivity index is 1.90. The van der Waals surface area contributed by atoms with E-state index in [2.05, 4.69) is 5.16 Å². The van der Waals surface area contributed by atoms with Gasteiger partial charge in [-0.05, 0) is 38.5 Å². The summed E-state index contributed by atoms with van der Waals surface area (Å²) in [5, 5.41) is 4.22. The molecule has 0 radical (unpaired) electrons. The van der Waals surface area contributed by atoms with Crippen LogP contribution in [0.2, 0.25) is 0 Å². The normalized spacial score (nSPS) is 15.8. The Morgan fingerprint density at radius 1 is 1.11 bits per heavy atom. The lowest BCUT2D eigenvalue weighted by molar-refractivity contribution is -0.154. The molecule has 0 atom stereocenters. The minimum Gasteiger partial charge on any atom is -0.427 e. The van der Waals surface area contributed by atoms with E-state index >= 15 is 0 Å². The van der Waals surface area contributed by atoms with Crippen molar-refractivity contribution in [1.82, 2.24) is 4.90 Å². The number of oxime groups is 1. The fourth-order valence-corrected chi connectivity index (χ4v) is 2.74. The third-order valence-electron chi connectivity index (χ3n) is 4.21. The van der Waals surface area contributed by atoms with Gasteiger partial charge in [-0.3, -0.25) is 14.5 Å². The maximum absolute atomic E-state index is 13.0. The third-order valence-corrected chi connectivity index (χ3v) is 4.21. The van der Waals surface area contributed by atoms with E-state index in [1.807, 2.05) is 43.3 Å². The summed E-state index contributed by atoms with van der Waals surface area (Å²) in [6, 6.07) is 14.8. The number of carbonyl (C=O) groups is 2. The fourth-order valence-electron chi connectivity index (χ4n) is 2.74. The molecule has 0 N–H and O–H groups in total. The molecule has 0 unspecified atom stereocenters. The second kappa shape index (κ2) is 7.23. The molecule has 0 fully saturated rings. The monoisotopic (exact) mass is 366 g/mol. The summed E-state index contributed by atoms with van der Waals surface area (Å²) < 4.78 is 5.05. The predicted molar refractivity (Wildman–Crippen MR) is 101 cm³/mol. The van der Waals surface area contributed by atoms with Crippen molar-refractivity contribution in [2.75, 3.05) is 0 Å². The average molecular weight is 366 g/mol. The summed E-state index contributed by atoms with van der Waals surface area (Å²) in [7, 11) is 0. The molecule has 0 saturated heterocycles. The van der Waals surface area contributed by atoms with Crippen molar-refractivity contribution in [3.05, 3.63) is 65.2 Å². The molecule has 1 amide bonds. The Kier molecular flexibility index (Phi) is 4.99. The summed E-state index contributed by atoms with van der Waals surface area (Å²) in [6.45, 7) is 7.08. The van der Waals surface area contributed by atoms with E-state index in [0.29, 0.717) is 18.1 Å². The number of rotatable bonds is 4. The molecule has 27 heavy (non-hydrogen) atoms. The van der Waals surface area contributed by atoms with Crippen LogP contribution < -0.4 is 4.74 Å². The summed E-state index contributed by atoms with van der Waals surface area (Å²) in [5.41, 5.74) is 1.78. The Hall–Kier alpha value is -3.15. The van der Waals surface area contributed by atoms with Crippen molar-refractivity contribution in [2.45, 2.75) is 39.8 Å². The average Bonchev–Trinajstić information content (AvgIpc) is 2.61. The maximum Gasteiger partial charge on any atom is 0.308 e. The number of nitrogens with zero attached hydrogens (tertiary/aromatic N) is 2. The van der Waals surface area contributed by atoms with Gasteiger partial charge in [0.2, 0.25) is 5.60 Å². The Morgan fingerprint density at radius 2 is 1.74 bits per heavy atom. The van der Waals surface area contributed by atoms with E-state index in [1.54, 1.807) is 30.9 Å². The van der Waals surface area contributed by atoms with Crippen LogP contribution in [0.25, 0.3) is 0 Å². The number of hydrogen-bond acceptors (Lipinski definition) is 5. The number of aryl methyl sites for hydroxylation is 1. The summed E-state index contributed by atoms with van der Waals surface area (Å²) in [5.74, 6) is 0.398. The smallest absolute Gasteiger partial charge is 0.308 e. The molecule has 0 aliphatic carbocycles. The topological polar surface area (TPSA) is 68.2 Å². The number of ether oxygens (including phenoxy) is 1. The molecular weight excluding hydrogens is 344 g/mol. The molecule has 0 saturated carbocycles. The van der Waals surface area contributed by atoms with Crippen LogP contribution in [0.4, 0.5) is 0 Å². The van der Waals surface area contributed by atoms with Gasteiger partial charge in [0.25, 0.3) is 5.91 Å². The van der Waals surface area contributed by atoms with Crippen molar-refractivity contribution in [3.63, 3.8) is 0 Å². The SMILES string of the molecule is CC(=O)Oc1ccc(CN2C(=O)C(C)(C)ON=C2c2ccc(C)cc2)cc1. The van der Waals surface area contributed by atoms with Gasteiger partial charge in [-0.1, -0.05) is 47.1 Å². The first kappa shape index (κ1) is 18.6. The lowest BCUT2D eigenvalue weighted by atomic mass is 10.0. The van der Waals surface area contributed by atoms with E-state index < -0.39 is 5.60 Å². The first-order valence-corrected chi connectivity index (χ1v) is 8.69. The third kappa shape index (κ3) is 4.16. The largest absolute Gasteiger partial charge is 0.427 e. The minimum atomic E-state index is -1.04. The highest BCUT2D eigenvalue weighted by Gasteiger charge is 2.41. The lowest BCUT2D eigenvalue weighted by Crippen LogP contribution is -2.52. The highest BCUT2D eigenvalue weighted by atomic mass is 16.7. The van der Waals surface area contributed by atoms with Crippen LogP contribution in [0.15, 0.2) is 53.7 Å². The first-order valence-electron chi connectivity index (χ1n) is 8.69. The van der Waals surface area contributed by atoms with Crippen LogP contribution >= 0.6 is 0 Å². The van der Waals surface area contributed by atoms with Crippen LogP contribution in [-0.2, 0) is 21.0 Å². The van der Waals surface area contributed by atoms with E-state index in [1.165, 1.54) is 6.92 Å². The Bertz CT molecular complexity index is 883. The molecule has 1 heterocycles. The van der Waals surface area contributed by atoms with E-state index in [-0.39, 0.29) is 11.9 Å². The maximum atomic E-state index is 13.0. The highest BCUT2D eigenvalue weighted by molar-refractivity contribution is 6.10. The second-order valence-corrected chi connectivity index (χ2v) is 7.01. The summed E-state index contributed by atoms with van der Waals surface area (Å²) in [6.07, 6.45) is 0. The quantitative estimate of drug-likeness (QED) is 0.614. The van der Waals surface area contributed by atoms with Crippen molar-refractivity contribution in [2.24, 2.45) is 5.16 Å². The fraction of sp³-hybridized carbons (Fsp3) is 0.286. The van der Waals surface area contributed by atoms with E-state index in [9.17, 15) is 9.59 Å². The molecule has 0 bridgehead atoms. The summed E-state index contributed by atoms with van der Waals surface area (Å²) in [4.78, 5) is 31.1. The molecule has 2 aromatic carbocycles. The number of amides is 1. The van der Waals surface area contributed by atoms with Crippen LogP contribution in [0.3, 0.4) is 0 Å². The van der Waals surface area contributed by atoms with Gasteiger partial charge in [-0.15, -0.1) is 0 Å². The Morgan fingerprint density at radius 3 is 2.33 bits per heavy atom. The van der Waals surface area contributed by atoms with Crippen LogP contribution in [-0.4, -0.2) is 28.2 Å². The molecule has 1 aliphatic rings. The number of amidine groups is 1. The summed E-state index contributed by atoms with van der Waals surface area (Å²) >= 11 is 0. The minimum absolute atomic E-state index is 0.169. The number of carbonyl (C=O) groups excluding carboxylic acids is 2. The second-order valence-electron chi connectivity index (χ2n) is 7.01. The molecule has 0 aromatic heterocycles. The number of benzene rings is 2. The van der Waals surface area contributed by atoms with Gasteiger partial charge in [0.15, 0.2) is 5.84 Å². The zero-order chi connectivity index (χ0) is 19.6.